The molecule has 1 fully saturated rings. The molecule has 2 heterocycles. The molecule has 0 radical (unpaired) electrons. The van der Waals surface area contributed by atoms with E-state index < -0.39 is 0 Å². The number of nitrogens with zero attached hydrogens (tertiary/aromatic N) is 4. The fourth-order valence-electron chi connectivity index (χ4n) is 3.44. The van der Waals surface area contributed by atoms with Crippen LogP contribution in [0.25, 0.3) is 5.69 Å². The van der Waals surface area contributed by atoms with Crippen molar-refractivity contribution >= 4 is 11.7 Å². The average molecular weight is 377 g/mol. The molecule has 3 aromatic rings. The molecule has 1 N–H and O–H groups in total. The molecular weight excluding hydrogens is 354 g/mol. The summed E-state index contributed by atoms with van der Waals surface area (Å²) in [5.74, 6) is 0. The number of rotatable bonds is 3. The van der Waals surface area contributed by atoms with Crippen molar-refractivity contribution in [1.82, 2.24) is 19.9 Å². The number of morpholine rings is 1. The van der Waals surface area contributed by atoms with Gasteiger partial charge in [0.05, 0.1) is 37.3 Å². The van der Waals surface area contributed by atoms with E-state index in [0.717, 1.165) is 11.3 Å². The number of nitrogens with one attached hydrogen (secondary N) is 1. The molecule has 0 aliphatic carbocycles. The van der Waals surface area contributed by atoms with Gasteiger partial charge in [-0.05, 0) is 43.2 Å². The minimum Gasteiger partial charge on any atom is -0.370 e. The van der Waals surface area contributed by atoms with Crippen LogP contribution < -0.4 is 5.32 Å². The highest BCUT2D eigenvalue weighted by Crippen LogP contribution is 2.27. The Labute approximate surface area is 163 Å². The van der Waals surface area contributed by atoms with E-state index in [-0.39, 0.29) is 18.2 Å². The van der Waals surface area contributed by atoms with E-state index in [1.807, 2.05) is 48.2 Å². The predicted octanol–water partition coefficient (Wildman–Crippen LogP) is 3.57. The third-order valence-corrected chi connectivity index (χ3v) is 5.01. The summed E-state index contributed by atoms with van der Waals surface area (Å²) >= 11 is 0. The number of amides is 2. The Morgan fingerprint density at radius 2 is 2.07 bits per heavy atom. The fraction of sp³-hybridized carbons (Fsp3) is 0.286. The molecule has 2 amide bonds. The number of aromatic nitrogens is 3. The zero-order chi connectivity index (χ0) is 19.5. The van der Waals surface area contributed by atoms with Gasteiger partial charge in [-0.1, -0.05) is 35.5 Å². The molecule has 2 atom stereocenters. The summed E-state index contributed by atoms with van der Waals surface area (Å²) in [6.45, 7) is 5.09. The van der Waals surface area contributed by atoms with Gasteiger partial charge in [-0.2, -0.15) is 0 Å². The molecular formula is C21H23N5O2. The minimum absolute atomic E-state index is 0.00114. The molecule has 1 saturated heterocycles. The lowest BCUT2D eigenvalue weighted by Gasteiger charge is -2.38. The van der Waals surface area contributed by atoms with E-state index >= 15 is 0 Å². The molecule has 4 rings (SSSR count). The van der Waals surface area contributed by atoms with Gasteiger partial charge in [-0.25, -0.2) is 9.48 Å². The highest BCUT2D eigenvalue weighted by Gasteiger charge is 2.31. The number of hydrogen-bond acceptors (Lipinski definition) is 4. The molecule has 7 nitrogen and oxygen atoms in total. The van der Waals surface area contributed by atoms with Crippen LogP contribution in [0.1, 0.15) is 24.2 Å². The fourth-order valence-corrected chi connectivity index (χ4v) is 3.44. The second-order valence-electron chi connectivity index (χ2n) is 7.01. The number of carbonyl (C=O) groups excluding carboxylic acids is 1. The number of ether oxygens (including phenoxy) is 1. The highest BCUT2D eigenvalue weighted by atomic mass is 16.5. The Bertz CT molecular complexity index is 957. The van der Waals surface area contributed by atoms with Crippen molar-refractivity contribution in [1.29, 1.82) is 0 Å². The maximum atomic E-state index is 13.0. The lowest BCUT2D eigenvalue weighted by atomic mass is 10.0. The summed E-state index contributed by atoms with van der Waals surface area (Å²) in [4.78, 5) is 14.8. The first-order valence-corrected chi connectivity index (χ1v) is 9.33. The summed E-state index contributed by atoms with van der Waals surface area (Å²) in [5.41, 5.74) is 3.84. The Morgan fingerprint density at radius 3 is 2.86 bits per heavy atom. The third-order valence-electron chi connectivity index (χ3n) is 5.01. The number of aryl methyl sites for hydroxylation is 1. The van der Waals surface area contributed by atoms with Crippen LogP contribution in [0.2, 0.25) is 0 Å². The van der Waals surface area contributed by atoms with E-state index in [2.05, 4.69) is 34.7 Å². The minimum atomic E-state index is -0.134. The van der Waals surface area contributed by atoms with Crippen LogP contribution in [0.3, 0.4) is 0 Å². The first-order valence-electron chi connectivity index (χ1n) is 9.33. The van der Waals surface area contributed by atoms with Crippen LogP contribution in [0.5, 0.6) is 0 Å². The molecule has 1 aliphatic rings. The Hall–Kier alpha value is -3.19. The number of urea groups is 1. The van der Waals surface area contributed by atoms with Crippen molar-refractivity contribution in [3.63, 3.8) is 0 Å². The highest BCUT2D eigenvalue weighted by molar-refractivity contribution is 5.90. The molecule has 1 aromatic heterocycles. The number of anilines is 1. The summed E-state index contributed by atoms with van der Waals surface area (Å²) in [5, 5.41) is 10.8. The van der Waals surface area contributed by atoms with Crippen molar-refractivity contribution in [2.45, 2.75) is 26.0 Å². The van der Waals surface area contributed by atoms with Crippen LogP contribution in [0.15, 0.2) is 60.9 Å². The Balaban J connectivity index is 1.49. The zero-order valence-corrected chi connectivity index (χ0v) is 15.9. The molecule has 0 bridgehead atoms. The summed E-state index contributed by atoms with van der Waals surface area (Å²) in [6.07, 6.45) is 3.26. The molecule has 1 aliphatic heterocycles. The van der Waals surface area contributed by atoms with E-state index in [1.54, 1.807) is 17.1 Å². The maximum absolute atomic E-state index is 13.0. The second kappa shape index (κ2) is 7.82. The molecule has 0 spiro atoms. The summed E-state index contributed by atoms with van der Waals surface area (Å²) in [7, 11) is 0. The molecule has 28 heavy (non-hydrogen) atoms. The van der Waals surface area contributed by atoms with Crippen molar-refractivity contribution in [3.8, 4) is 5.69 Å². The maximum Gasteiger partial charge on any atom is 0.322 e. The van der Waals surface area contributed by atoms with Crippen LogP contribution >= 0.6 is 0 Å². The topological polar surface area (TPSA) is 72.3 Å². The summed E-state index contributed by atoms with van der Waals surface area (Å²) in [6, 6.07) is 15.5. The van der Waals surface area contributed by atoms with E-state index in [1.165, 1.54) is 5.56 Å². The second-order valence-corrected chi connectivity index (χ2v) is 7.01. The molecule has 0 unspecified atom stereocenters. The zero-order valence-electron chi connectivity index (χ0n) is 15.9. The predicted molar refractivity (Wildman–Crippen MR) is 106 cm³/mol. The van der Waals surface area contributed by atoms with E-state index in [9.17, 15) is 4.79 Å². The van der Waals surface area contributed by atoms with Gasteiger partial charge in [0.25, 0.3) is 0 Å². The van der Waals surface area contributed by atoms with Crippen LogP contribution in [-0.2, 0) is 4.74 Å². The molecule has 7 heteroatoms. The SMILES string of the molecule is Cc1ccccc1[C@@H]1CN(C(=O)Nc2cccc(-n3ccnn3)c2)[C@@H](C)CO1. The lowest BCUT2D eigenvalue weighted by Crippen LogP contribution is -2.50. The van der Waals surface area contributed by atoms with Gasteiger partial charge in [0.2, 0.25) is 0 Å². The van der Waals surface area contributed by atoms with E-state index in [0.29, 0.717) is 18.8 Å². The number of carbonyl (C=O) groups is 1. The van der Waals surface area contributed by atoms with Crippen LogP contribution in [0, 0.1) is 6.92 Å². The van der Waals surface area contributed by atoms with Crippen LogP contribution in [0.4, 0.5) is 10.5 Å². The van der Waals surface area contributed by atoms with Gasteiger partial charge in [0.1, 0.15) is 6.10 Å². The monoisotopic (exact) mass is 377 g/mol. The normalized spacial score (nSPS) is 19.4. The van der Waals surface area contributed by atoms with Crippen LogP contribution in [-0.4, -0.2) is 45.1 Å². The smallest absolute Gasteiger partial charge is 0.322 e. The average Bonchev–Trinajstić information content (AvgIpc) is 3.24. The summed E-state index contributed by atoms with van der Waals surface area (Å²) < 4.78 is 7.67. The standard InChI is InChI=1S/C21H23N5O2/c1-15-6-3-4-9-19(15)20-13-25(16(2)14-28-20)21(27)23-17-7-5-8-18(12-17)26-11-10-22-24-26/h3-12,16,20H,13-14H2,1-2H3,(H,23,27)/t16-,20-/m0/s1. The van der Waals surface area contributed by atoms with Crippen molar-refractivity contribution in [3.05, 3.63) is 72.1 Å². The Kier molecular flexibility index (Phi) is 5.08. The van der Waals surface area contributed by atoms with Crippen molar-refractivity contribution in [2.24, 2.45) is 0 Å². The van der Waals surface area contributed by atoms with Gasteiger partial charge >= 0.3 is 6.03 Å². The van der Waals surface area contributed by atoms with Crippen molar-refractivity contribution in [2.75, 3.05) is 18.5 Å². The van der Waals surface area contributed by atoms with Gasteiger partial charge in [-0.15, -0.1) is 5.10 Å². The largest absolute Gasteiger partial charge is 0.370 e. The molecule has 0 saturated carbocycles. The van der Waals surface area contributed by atoms with Gasteiger partial charge in [0.15, 0.2) is 0 Å². The molecule has 144 valence electrons. The Morgan fingerprint density at radius 1 is 1.21 bits per heavy atom. The number of hydrogen-bond donors (Lipinski definition) is 1. The number of benzene rings is 2. The first-order chi connectivity index (χ1) is 13.6. The van der Waals surface area contributed by atoms with Crippen molar-refractivity contribution < 1.29 is 9.53 Å². The molecule has 2 aromatic carbocycles. The first kappa shape index (κ1) is 18.2. The lowest BCUT2D eigenvalue weighted by molar-refractivity contribution is -0.0410. The third kappa shape index (κ3) is 3.75. The van der Waals surface area contributed by atoms with Gasteiger partial charge < -0.3 is 15.0 Å². The van der Waals surface area contributed by atoms with E-state index in [4.69, 9.17) is 4.74 Å². The van der Waals surface area contributed by atoms with Gasteiger partial charge in [0, 0.05) is 5.69 Å². The quantitative estimate of drug-likeness (QED) is 0.757. The van der Waals surface area contributed by atoms with Gasteiger partial charge in [-0.3, -0.25) is 0 Å².